The average molecular weight is 284 g/mol. The molecule has 0 bridgehead atoms. The van der Waals surface area contributed by atoms with Crippen molar-refractivity contribution in [2.75, 3.05) is 6.26 Å². The van der Waals surface area contributed by atoms with Crippen molar-refractivity contribution in [1.29, 1.82) is 0 Å². The minimum absolute atomic E-state index is 0.170. The Balaban J connectivity index is 2.41. The summed E-state index contributed by atoms with van der Waals surface area (Å²) in [6, 6.07) is 3.68. The molecule has 18 heavy (non-hydrogen) atoms. The molecule has 0 aliphatic rings. The summed E-state index contributed by atoms with van der Waals surface area (Å²) in [6.07, 6.45) is 5.03. The molecule has 0 N–H and O–H groups in total. The number of rotatable bonds is 4. The van der Waals surface area contributed by atoms with Gasteiger partial charge >= 0.3 is 10.1 Å². The van der Waals surface area contributed by atoms with Crippen molar-refractivity contribution < 1.29 is 12.6 Å². The fourth-order valence-corrected chi connectivity index (χ4v) is 2.78. The largest absolute Gasteiger partial charge is 0.361 e. The quantitative estimate of drug-likeness (QED) is 0.804. The Labute approximate surface area is 110 Å². The Morgan fingerprint density at radius 3 is 2.78 bits per heavy atom. The van der Waals surface area contributed by atoms with Crippen LogP contribution in [0.5, 0.6) is 5.88 Å². The first-order valence-electron chi connectivity index (χ1n) is 5.29. The molecule has 96 valence electrons. The van der Waals surface area contributed by atoms with E-state index in [0.29, 0.717) is 11.4 Å². The van der Waals surface area contributed by atoms with Gasteiger partial charge in [0.1, 0.15) is 5.01 Å². The monoisotopic (exact) mass is 284 g/mol. The van der Waals surface area contributed by atoms with Crippen molar-refractivity contribution in [1.82, 2.24) is 9.97 Å². The minimum Gasteiger partial charge on any atom is -0.361 e. The molecular formula is C11H12N2O3S2. The van der Waals surface area contributed by atoms with E-state index in [4.69, 9.17) is 4.18 Å². The molecule has 0 fully saturated rings. The summed E-state index contributed by atoms with van der Waals surface area (Å²) >= 11 is 1.41. The van der Waals surface area contributed by atoms with E-state index in [1.54, 1.807) is 18.5 Å². The van der Waals surface area contributed by atoms with E-state index in [1.807, 2.05) is 13.0 Å². The van der Waals surface area contributed by atoms with Crippen molar-refractivity contribution >= 4 is 21.5 Å². The molecule has 0 amide bonds. The molecule has 2 heterocycles. The van der Waals surface area contributed by atoms with Gasteiger partial charge in [-0.05, 0) is 18.6 Å². The molecule has 2 aromatic heterocycles. The fraction of sp³-hybridized carbons (Fsp3) is 0.273. The second-order valence-corrected chi connectivity index (χ2v) is 6.29. The Hall–Kier alpha value is -1.47. The highest BCUT2D eigenvalue weighted by molar-refractivity contribution is 7.86. The summed E-state index contributed by atoms with van der Waals surface area (Å²) in [4.78, 5) is 9.03. The minimum atomic E-state index is -3.55. The molecule has 5 nitrogen and oxygen atoms in total. The van der Waals surface area contributed by atoms with Crippen LogP contribution in [0.15, 0.2) is 24.5 Å². The van der Waals surface area contributed by atoms with Crippen LogP contribution in [0.25, 0.3) is 10.6 Å². The molecule has 0 aliphatic carbocycles. The van der Waals surface area contributed by atoms with Crippen molar-refractivity contribution in [2.24, 2.45) is 0 Å². The second-order valence-electron chi connectivity index (χ2n) is 3.63. The normalized spacial score (nSPS) is 11.4. The van der Waals surface area contributed by atoms with Crippen LogP contribution >= 0.6 is 11.3 Å². The Morgan fingerprint density at radius 1 is 1.44 bits per heavy atom. The smallest absolute Gasteiger partial charge is 0.307 e. The Bertz CT molecular complexity index is 636. The maximum atomic E-state index is 11.1. The van der Waals surface area contributed by atoms with Crippen LogP contribution in [-0.4, -0.2) is 24.6 Å². The van der Waals surface area contributed by atoms with Gasteiger partial charge in [-0.3, -0.25) is 4.98 Å². The summed E-state index contributed by atoms with van der Waals surface area (Å²) in [7, 11) is -3.55. The van der Waals surface area contributed by atoms with Gasteiger partial charge in [-0.25, -0.2) is 4.98 Å². The van der Waals surface area contributed by atoms with Gasteiger partial charge in [-0.1, -0.05) is 6.92 Å². The molecule has 2 aromatic rings. The molecule has 0 aromatic carbocycles. The van der Waals surface area contributed by atoms with Gasteiger partial charge in [0.15, 0.2) is 0 Å². The zero-order valence-corrected chi connectivity index (χ0v) is 11.6. The van der Waals surface area contributed by atoms with Crippen molar-refractivity contribution in [3.63, 3.8) is 0 Å². The third-order valence-electron chi connectivity index (χ3n) is 2.12. The van der Waals surface area contributed by atoms with E-state index in [0.717, 1.165) is 16.7 Å². The fourth-order valence-electron chi connectivity index (χ4n) is 1.38. The number of nitrogens with zero attached hydrogens (tertiary/aromatic N) is 2. The highest BCUT2D eigenvalue weighted by Crippen LogP contribution is 2.32. The molecule has 0 radical (unpaired) electrons. The summed E-state index contributed by atoms with van der Waals surface area (Å²) in [6.45, 7) is 1.93. The zero-order valence-electron chi connectivity index (χ0n) is 9.95. The molecule has 0 unspecified atom stereocenters. The molecule has 0 atom stereocenters. The van der Waals surface area contributed by atoms with E-state index in [9.17, 15) is 8.42 Å². The predicted molar refractivity (Wildman–Crippen MR) is 70.2 cm³/mol. The van der Waals surface area contributed by atoms with Crippen molar-refractivity contribution in [2.45, 2.75) is 13.3 Å². The summed E-state index contributed by atoms with van der Waals surface area (Å²) in [5, 5.41) is 0.707. The number of hydrogen-bond donors (Lipinski definition) is 0. The number of thiazole rings is 1. The highest BCUT2D eigenvalue weighted by atomic mass is 32.2. The zero-order chi connectivity index (χ0) is 13.2. The molecule has 0 spiro atoms. The third-order valence-corrected chi connectivity index (χ3v) is 3.81. The lowest BCUT2D eigenvalue weighted by Gasteiger charge is -1.99. The van der Waals surface area contributed by atoms with Crippen LogP contribution in [0.2, 0.25) is 0 Å². The standard InChI is InChI=1S/C11H12N2O3S2/c1-3-9-10(16-18(2,14)15)13-11(17-9)8-5-4-6-12-7-8/h4-7H,3H2,1-2H3. The first-order valence-corrected chi connectivity index (χ1v) is 7.92. The van der Waals surface area contributed by atoms with Crippen LogP contribution in [0.4, 0.5) is 0 Å². The molecule has 7 heteroatoms. The second kappa shape index (κ2) is 5.03. The maximum absolute atomic E-state index is 11.1. The van der Waals surface area contributed by atoms with Gasteiger partial charge in [0.25, 0.3) is 0 Å². The van der Waals surface area contributed by atoms with Gasteiger partial charge in [0, 0.05) is 18.0 Å². The van der Waals surface area contributed by atoms with E-state index < -0.39 is 10.1 Å². The molecule has 0 saturated heterocycles. The van der Waals surface area contributed by atoms with E-state index in [2.05, 4.69) is 9.97 Å². The first-order chi connectivity index (χ1) is 8.49. The van der Waals surface area contributed by atoms with Crippen LogP contribution in [0.3, 0.4) is 0 Å². The maximum Gasteiger partial charge on any atom is 0.307 e. The highest BCUT2D eigenvalue weighted by Gasteiger charge is 2.16. The van der Waals surface area contributed by atoms with Gasteiger partial charge in [0.2, 0.25) is 5.88 Å². The Kier molecular flexibility index (Phi) is 3.63. The van der Waals surface area contributed by atoms with Crippen LogP contribution < -0.4 is 4.18 Å². The topological polar surface area (TPSA) is 69.2 Å². The van der Waals surface area contributed by atoms with Crippen LogP contribution in [0.1, 0.15) is 11.8 Å². The van der Waals surface area contributed by atoms with Crippen molar-refractivity contribution in [3.05, 3.63) is 29.4 Å². The lowest BCUT2D eigenvalue weighted by atomic mass is 10.3. The first kappa shape index (κ1) is 13.0. The summed E-state index contributed by atoms with van der Waals surface area (Å²) in [5.74, 6) is 0.170. The number of pyridine rings is 1. The summed E-state index contributed by atoms with van der Waals surface area (Å²) in [5.41, 5.74) is 0.848. The van der Waals surface area contributed by atoms with Gasteiger partial charge in [-0.15, -0.1) is 11.3 Å². The van der Waals surface area contributed by atoms with E-state index in [-0.39, 0.29) is 5.88 Å². The SMILES string of the molecule is CCc1sc(-c2cccnc2)nc1OS(C)(=O)=O. The predicted octanol–water partition coefficient (Wildman–Crippen LogP) is 2.11. The van der Waals surface area contributed by atoms with E-state index in [1.165, 1.54) is 11.3 Å². The number of hydrogen-bond acceptors (Lipinski definition) is 6. The lowest BCUT2D eigenvalue weighted by Crippen LogP contribution is -2.07. The Morgan fingerprint density at radius 2 is 2.22 bits per heavy atom. The molecule has 0 saturated carbocycles. The van der Waals surface area contributed by atoms with Gasteiger partial charge < -0.3 is 4.18 Å². The van der Waals surface area contributed by atoms with Gasteiger partial charge in [-0.2, -0.15) is 8.42 Å². The average Bonchev–Trinajstić information content (AvgIpc) is 2.71. The number of aryl methyl sites for hydroxylation is 1. The van der Waals surface area contributed by atoms with E-state index >= 15 is 0 Å². The van der Waals surface area contributed by atoms with Crippen molar-refractivity contribution in [3.8, 4) is 16.5 Å². The summed E-state index contributed by atoms with van der Waals surface area (Å²) < 4.78 is 27.2. The van der Waals surface area contributed by atoms with Gasteiger partial charge in [0.05, 0.1) is 11.1 Å². The molecule has 0 aliphatic heterocycles. The van der Waals surface area contributed by atoms with Crippen LogP contribution in [-0.2, 0) is 16.5 Å². The molecule has 2 rings (SSSR count). The third kappa shape index (κ3) is 3.05. The molecular weight excluding hydrogens is 272 g/mol. The number of aromatic nitrogens is 2. The lowest BCUT2D eigenvalue weighted by molar-refractivity contribution is 0.482. The van der Waals surface area contributed by atoms with Crippen LogP contribution in [0, 0.1) is 0 Å².